The molecule has 1 aromatic rings. The number of rotatable bonds is 4. The first-order chi connectivity index (χ1) is 12.7. The molecule has 1 aromatic carbocycles. The lowest BCUT2D eigenvalue weighted by Crippen LogP contribution is -2.49. The molecule has 6 nitrogen and oxygen atoms in total. The summed E-state index contributed by atoms with van der Waals surface area (Å²) < 4.78 is 10.8. The Hall–Kier alpha value is -2.21. The summed E-state index contributed by atoms with van der Waals surface area (Å²) in [6.45, 7) is 9.13. The van der Waals surface area contributed by atoms with Crippen molar-refractivity contribution in [1.29, 1.82) is 0 Å². The molecule has 2 aliphatic heterocycles. The molecule has 2 heterocycles. The molecule has 3 atom stereocenters. The Kier molecular flexibility index (Phi) is 5.38. The van der Waals surface area contributed by atoms with Crippen LogP contribution in [0, 0.1) is 24.7 Å². The number of Topliss-reactive ketones (excluding diaryl/α,β-unsaturated/α-hetero) is 1. The zero-order chi connectivity index (χ0) is 19.8. The van der Waals surface area contributed by atoms with Crippen molar-refractivity contribution in [2.45, 2.75) is 33.3 Å². The van der Waals surface area contributed by atoms with Crippen LogP contribution in [0.1, 0.15) is 36.7 Å². The molecule has 0 radical (unpaired) electrons. The molecule has 0 aromatic heterocycles. The number of carbonyl (C=O) groups is 3. The summed E-state index contributed by atoms with van der Waals surface area (Å²) in [7, 11) is 0. The molecular formula is C21H27NO5. The van der Waals surface area contributed by atoms with E-state index in [4.69, 9.17) is 9.47 Å². The van der Waals surface area contributed by atoms with Crippen LogP contribution < -0.4 is 0 Å². The molecule has 3 unspecified atom stereocenters. The number of hydrogen-bond donors (Lipinski definition) is 0. The molecule has 146 valence electrons. The maximum Gasteiger partial charge on any atom is 0.319 e. The van der Waals surface area contributed by atoms with Gasteiger partial charge in [0.05, 0.1) is 13.2 Å². The lowest BCUT2D eigenvalue weighted by atomic mass is 9.72. The Balaban J connectivity index is 1.88. The zero-order valence-electron chi connectivity index (χ0n) is 16.4. The highest BCUT2D eigenvalue weighted by Gasteiger charge is 2.57. The van der Waals surface area contributed by atoms with E-state index in [0.717, 1.165) is 5.56 Å². The quantitative estimate of drug-likeness (QED) is 0.460. The van der Waals surface area contributed by atoms with Crippen molar-refractivity contribution >= 4 is 17.7 Å². The van der Waals surface area contributed by atoms with Crippen molar-refractivity contribution < 1.29 is 23.9 Å². The molecule has 2 fully saturated rings. The molecule has 3 rings (SSSR count). The first-order valence-electron chi connectivity index (χ1n) is 9.42. The topological polar surface area (TPSA) is 72.9 Å². The van der Waals surface area contributed by atoms with Crippen molar-refractivity contribution in [3.63, 3.8) is 0 Å². The van der Waals surface area contributed by atoms with Gasteiger partial charge in [-0.2, -0.15) is 0 Å². The van der Waals surface area contributed by atoms with E-state index in [1.165, 1.54) is 0 Å². The summed E-state index contributed by atoms with van der Waals surface area (Å²) in [6, 6.07) is 7.35. The first kappa shape index (κ1) is 19.5. The number of ketones is 1. The maximum absolute atomic E-state index is 13.1. The molecule has 6 heteroatoms. The smallest absolute Gasteiger partial charge is 0.319 e. The Morgan fingerprint density at radius 2 is 1.74 bits per heavy atom. The lowest BCUT2D eigenvalue weighted by Gasteiger charge is -2.34. The lowest BCUT2D eigenvalue weighted by molar-refractivity contribution is -0.153. The van der Waals surface area contributed by atoms with Gasteiger partial charge in [-0.05, 0) is 20.8 Å². The third kappa shape index (κ3) is 3.76. The number of morpholine rings is 1. The van der Waals surface area contributed by atoms with E-state index in [0.29, 0.717) is 31.9 Å². The first-order valence-corrected chi connectivity index (χ1v) is 9.42. The largest absolute Gasteiger partial charge is 0.459 e. The molecule has 27 heavy (non-hydrogen) atoms. The van der Waals surface area contributed by atoms with Crippen LogP contribution in [-0.2, 0) is 19.1 Å². The van der Waals surface area contributed by atoms with Gasteiger partial charge in [0.25, 0.3) is 0 Å². The van der Waals surface area contributed by atoms with Gasteiger partial charge in [-0.3, -0.25) is 14.4 Å². The molecule has 0 saturated carbocycles. The van der Waals surface area contributed by atoms with Crippen LogP contribution in [0.15, 0.2) is 24.3 Å². The number of cyclic esters (lactones) is 1. The highest BCUT2D eigenvalue weighted by molar-refractivity contribution is 6.03. The van der Waals surface area contributed by atoms with E-state index in [1.54, 1.807) is 37.8 Å². The number of esters is 1. The number of ether oxygens (including phenoxy) is 2. The average molecular weight is 373 g/mol. The number of aryl methyl sites for hydroxylation is 1. The van der Waals surface area contributed by atoms with Crippen LogP contribution in [0.25, 0.3) is 0 Å². The van der Waals surface area contributed by atoms with Crippen LogP contribution in [0.4, 0.5) is 0 Å². The minimum absolute atomic E-state index is 0.0776. The van der Waals surface area contributed by atoms with Crippen LogP contribution in [0.5, 0.6) is 0 Å². The fourth-order valence-electron chi connectivity index (χ4n) is 4.21. The van der Waals surface area contributed by atoms with Gasteiger partial charge in [-0.25, -0.2) is 0 Å². The number of hydrogen-bond acceptors (Lipinski definition) is 5. The van der Waals surface area contributed by atoms with Crippen molar-refractivity contribution in [3.05, 3.63) is 35.4 Å². The maximum atomic E-state index is 13.1. The van der Waals surface area contributed by atoms with Crippen molar-refractivity contribution in [3.8, 4) is 0 Å². The zero-order valence-corrected chi connectivity index (χ0v) is 16.4. The number of benzene rings is 1. The van der Waals surface area contributed by atoms with Gasteiger partial charge in [-0.1, -0.05) is 36.8 Å². The number of carbonyl (C=O) groups excluding carboxylic acids is 3. The Bertz CT molecular complexity index is 733. The van der Waals surface area contributed by atoms with Crippen LogP contribution in [-0.4, -0.2) is 54.5 Å². The summed E-state index contributed by atoms with van der Waals surface area (Å²) in [5, 5.41) is 0. The predicted octanol–water partition coefficient (Wildman–Crippen LogP) is 2.24. The van der Waals surface area contributed by atoms with Gasteiger partial charge < -0.3 is 14.4 Å². The third-order valence-electron chi connectivity index (χ3n) is 5.66. The van der Waals surface area contributed by atoms with E-state index in [1.807, 2.05) is 19.1 Å². The molecule has 2 aliphatic rings. The van der Waals surface area contributed by atoms with Gasteiger partial charge >= 0.3 is 5.97 Å². The van der Waals surface area contributed by atoms with E-state index >= 15 is 0 Å². The van der Waals surface area contributed by atoms with Crippen LogP contribution in [0.3, 0.4) is 0 Å². The average Bonchev–Trinajstić information content (AvgIpc) is 2.89. The standard InChI is InChI=1S/C21H27NO5/c1-13-5-7-15(8-6-13)18(23)14(2)17-16(20(25)27-21(17,3)4)19(24)22-9-11-26-12-10-22/h5-8,14,16-17H,9-12H2,1-4H3. The van der Waals surface area contributed by atoms with Crippen molar-refractivity contribution in [2.75, 3.05) is 26.3 Å². The van der Waals surface area contributed by atoms with E-state index < -0.39 is 29.3 Å². The van der Waals surface area contributed by atoms with Crippen LogP contribution >= 0.6 is 0 Å². The fraction of sp³-hybridized carbons (Fsp3) is 0.571. The molecule has 1 amide bonds. The number of amides is 1. The molecule has 0 bridgehead atoms. The second-order valence-corrected chi connectivity index (χ2v) is 7.98. The molecule has 0 spiro atoms. The number of nitrogens with zero attached hydrogens (tertiary/aromatic N) is 1. The van der Waals surface area contributed by atoms with Gasteiger partial charge in [0.2, 0.25) is 5.91 Å². The summed E-state index contributed by atoms with van der Waals surface area (Å²) in [4.78, 5) is 40.4. The summed E-state index contributed by atoms with van der Waals surface area (Å²) in [5.41, 5.74) is 0.767. The van der Waals surface area contributed by atoms with Crippen LogP contribution in [0.2, 0.25) is 0 Å². The summed E-state index contributed by atoms with van der Waals surface area (Å²) >= 11 is 0. The second-order valence-electron chi connectivity index (χ2n) is 7.98. The van der Waals surface area contributed by atoms with E-state index in [-0.39, 0.29) is 11.7 Å². The normalized spacial score (nSPS) is 25.8. The van der Waals surface area contributed by atoms with Gasteiger partial charge in [0.1, 0.15) is 11.5 Å². The highest BCUT2D eigenvalue weighted by atomic mass is 16.6. The van der Waals surface area contributed by atoms with Gasteiger partial charge in [-0.15, -0.1) is 0 Å². The highest BCUT2D eigenvalue weighted by Crippen LogP contribution is 2.43. The van der Waals surface area contributed by atoms with Crippen molar-refractivity contribution in [1.82, 2.24) is 4.90 Å². The molecular weight excluding hydrogens is 346 g/mol. The van der Waals surface area contributed by atoms with Gasteiger partial charge in [0, 0.05) is 30.5 Å². The van der Waals surface area contributed by atoms with E-state index in [2.05, 4.69) is 0 Å². The minimum Gasteiger partial charge on any atom is -0.459 e. The Labute approximate surface area is 159 Å². The Morgan fingerprint density at radius 1 is 1.15 bits per heavy atom. The monoisotopic (exact) mass is 373 g/mol. The SMILES string of the molecule is Cc1ccc(C(=O)C(C)C2C(C(=O)N3CCOCC3)C(=O)OC2(C)C)cc1. The third-order valence-corrected chi connectivity index (χ3v) is 5.66. The minimum atomic E-state index is -0.956. The fourth-order valence-corrected chi connectivity index (χ4v) is 4.21. The molecule has 0 aliphatic carbocycles. The Morgan fingerprint density at radius 3 is 2.33 bits per heavy atom. The van der Waals surface area contributed by atoms with E-state index in [9.17, 15) is 14.4 Å². The molecule has 2 saturated heterocycles. The predicted molar refractivity (Wildman–Crippen MR) is 99.2 cm³/mol. The van der Waals surface area contributed by atoms with Crippen molar-refractivity contribution in [2.24, 2.45) is 17.8 Å². The summed E-state index contributed by atoms with van der Waals surface area (Å²) in [6.07, 6.45) is 0. The summed E-state index contributed by atoms with van der Waals surface area (Å²) in [5.74, 6) is -2.88. The molecule has 0 N–H and O–H groups in total. The van der Waals surface area contributed by atoms with Gasteiger partial charge in [0.15, 0.2) is 5.78 Å². The second kappa shape index (κ2) is 7.43.